The van der Waals surface area contributed by atoms with E-state index in [4.69, 9.17) is 0 Å². The summed E-state index contributed by atoms with van der Waals surface area (Å²) in [7, 11) is 1.57. The molecule has 4 rings (SSSR count). The maximum Gasteiger partial charge on any atom is 0.347 e. The normalized spacial score (nSPS) is 35.7. The van der Waals surface area contributed by atoms with E-state index in [1.807, 2.05) is 0 Å². The van der Waals surface area contributed by atoms with Crippen LogP contribution in [0, 0.1) is 11.8 Å². The van der Waals surface area contributed by atoms with Crippen molar-refractivity contribution >= 4 is 0 Å². The number of rotatable bonds is 0. The highest BCUT2D eigenvalue weighted by Gasteiger charge is 2.47. The van der Waals surface area contributed by atoms with Gasteiger partial charge >= 0.3 is 11.4 Å². The van der Waals surface area contributed by atoms with E-state index in [2.05, 4.69) is 13.8 Å². The molecule has 2 aliphatic carbocycles. The molecule has 0 radical (unpaired) electrons. The molecule has 1 aliphatic heterocycles. The third-order valence-electron chi connectivity index (χ3n) is 5.48. The predicted molar refractivity (Wildman–Crippen MR) is 71.2 cm³/mol. The molecule has 1 fully saturated rings. The first-order chi connectivity index (χ1) is 9.02. The van der Waals surface area contributed by atoms with Crippen LogP contribution in [-0.4, -0.2) is 13.9 Å². The van der Waals surface area contributed by atoms with Crippen LogP contribution in [0.5, 0.6) is 0 Å². The quantitative estimate of drug-likeness (QED) is 0.659. The summed E-state index contributed by atoms with van der Waals surface area (Å²) < 4.78 is 4.58. The summed E-state index contributed by atoms with van der Waals surface area (Å²) in [4.78, 5) is 24.5. The molecule has 5 heteroatoms. The summed E-state index contributed by atoms with van der Waals surface area (Å²) in [5.41, 5.74) is 2.55. The van der Waals surface area contributed by atoms with Gasteiger partial charge in [0, 0.05) is 7.05 Å². The van der Waals surface area contributed by atoms with Crippen LogP contribution in [0.4, 0.5) is 0 Å². The van der Waals surface area contributed by atoms with Gasteiger partial charge in [0.2, 0.25) is 0 Å². The van der Waals surface area contributed by atoms with Crippen molar-refractivity contribution in [1.29, 1.82) is 0 Å². The van der Waals surface area contributed by atoms with Crippen molar-refractivity contribution in [2.24, 2.45) is 18.9 Å². The van der Waals surface area contributed by atoms with E-state index in [0.717, 1.165) is 0 Å². The zero-order valence-electron chi connectivity index (χ0n) is 11.6. The molecule has 2 bridgehead atoms. The maximum atomic E-state index is 12.3. The average Bonchev–Trinajstić information content (AvgIpc) is 3.05. The Bertz CT molecular complexity index is 661. The van der Waals surface area contributed by atoms with Gasteiger partial charge < -0.3 is 0 Å². The minimum Gasteiger partial charge on any atom is -0.246 e. The molecule has 0 spiro atoms. The zero-order chi connectivity index (χ0) is 13.5. The molecule has 1 aromatic rings. The first-order valence-electron chi connectivity index (χ1n) is 7.16. The lowest BCUT2D eigenvalue weighted by atomic mass is 9.83. The Labute approximate surface area is 111 Å². The van der Waals surface area contributed by atoms with Crippen molar-refractivity contribution in [3.05, 3.63) is 32.1 Å². The number of allylic oxidation sites excluding steroid dienone is 2. The fourth-order valence-corrected chi connectivity index (χ4v) is 4.72. The molecular formula is C14H19N3O2. The first kappa shape index (κ1) is 11.3. The van der Waals surface area contributed by atoms with E-state index < -0.39 is 0 Å². The highest BCUT2D eigenvalue weighted by molar-refractivity contribution is 5.36. The smallest absolute Gasteiger partial charge is 0.246 e. The molecule has 1 saturated carbocycles. The van der Waals surface area contributed by atoms with Gasteiger partial charge in [0.1, 0.15) is 0 Å². The van der Waals surface area contributed by atoms with Crippen LogP contribution in [0.1, 0.15) is 45.2 Å². The lowest BCUT2D eigenvalue weighted by Gasteiger charge is -2.35. The molecule has 2 heterocycles. The number of fused-ring (bicyclic) bond motifs is 5. The van der Waals surface area contributed by atoms with Crippen LogP contribution in [0.25, 0.3) is 0 Å². The highest BCUT2D eigenvalue weighted by atomic mass is 16.2. The van der Waals surface area contributed by atoms with E-state index in [1.165, 1.54) is 35.0 Å². The fourth-order valence-electron chi connectivity index (χ4n) is 4.72. The SMILES string of the molecule is CC1C2=C(C3CCC2C3)C(C)n2c(=O)n(C)c(=O)n21. The summed E-state index contributed by atoms with van der Waals surface area (Å²) >= 11 is 0. The summed E-state index contributed by atoms with van der Waals surface area (Å²) in [6, 6.07) is 0.0887. The minimum absolute atomic E-state index is 0.0444. The molecule has 0 N–H and O–H groups in total. The average molecular weight is 261 g/mol. The standard InChI is InChI=1S/C14H19N3O2/c1-7-11-9-4-5-10(6-9)12(11)8(2)17-14(19)15(3)13(18)16(7)17/h7-10H,4-6H2,1-3H3. The highest BCUT2D eigenvalue weighted by Crippen LogP contribution is 2.56. The van der Waals surface area contributed by atoms with Crippen LogP contribution in [0.2, 0.25) is 0 Å². The Morgan fingerprint density at radius 1 is 0.895 bits per heavy atom. The second-order valence-electron chi connectivity index (χ2n) is 6.28. The monoisotopic (exact) mass is 261 g/mol. The van der Waals surface area contributed by atoms with Gasteiger partial charge in [-0.1, -0.05) is 0 Å². The van der Waals surface area contributed by atoms with Crippen LogP contribution in [0.15, 0.2) is 20.7 Å². The molecule has 1 aromatic heterocycles. The number of hydrogen-bond donors (Lipinski definition) is 0. The van der Waals surface area contributed by atoms with Crippen molar-refractivity contribution in [3.63, 3.8) is 0 Å². The molecule has 0 aromatic carbocycles. The molecule has 102 valence electrons. The molecule has 4 atom stereocenters. The number of nitrogens with zero attached hydrogens (tertiary/aromatic N) is 3. The predicted octanol–water partition coefficient (Wildman–Crippen LogP) is 1.21. The van der Waals surface area contributed by atoms with E-state index in [9.17, 15) is 9.59 Å². The Morgan fingerprint density at radius 2 is 1.32 bits per heavy atom. The van der Waals surface area contributed by atoms with E-state index >= 15 is 0 Å². The minimum atomic E-state index is -0.182. The van der Waals surface area contributed by atoms with Crippen LogP contribution in [-0.2, 0) is 7.05 Å². The summed E-state index contributed by atoms with van der Waals surface area (Å²) in [6.07, 6.45) is 3.75. The van der Waals surface area contributed by atoms with Crippen LogP contribution < -0.4 is 11.4 Å². The number of aromatic nitrogens is 3. The molecule has 4 unspecified atom stereocenters. The maximum absolute atomic E-state index is 12.3. The first-order valence-corrected chi connectivity index (χ1v) is 7.16. The van der Waals surface area contributed by atoms with Crippen molar-refractivity contribution < 1.29 is 0 Å². The Balaban J connectivity index is 2.03. The molecule has 19 heavy (non-hydrogen) atoms. The number of hydrogen-bond acceptors (Lipinski definition) is 2. The van der Waals surface area contributed by atoms with Gasteiger partial charge in [-0.25, -0.2) is 23.5 Å². The zero-order valence-corrected chi connectivity index (χ0v) is 11.6. The molecular weight excluding hydrogens is 242 g/mol. The second kappa shape index (κ2) is 3.32. The van der Waals surface area contributed by atoms with E-state index in [0.29, 0.717) is 11.8 Å². The topological polar surface area (TPSA) is 48.9 Å². The van der Waals surface area contributed by atoms with Gasteiger partial charge in [0.15, 0.2) is 0 Å². The van der Waals surface area contributed by atoms with Gasteiger partial charge in [-0.3, -0.25) is 0 Å². The summed E-state index contributed by atoms with van der Waals surface area (Å²) in [5, 5.41) is 0. The largest absolute Gasteiger partial charge is 0.347 e. The summed E-state index contributed by atoms with van der Waals surface area (Å²) in [5.74, 6) is 1.29. The Kier molecular flexibility index (Phi) is 1.98. The van der Waals surface area contributed by atoms with Crippen LogP contribution in [0.3, 0.4) is 0 Å². The van der Waals surface area contributed by atoms with Crippen molar-refractivity contribution in [1.82, 2.24) is 13.9 Å². The lowest BCUT2D eigenvalue weighted by Crippen LogP contribution is -2.38. The lowest BCUT2D eigenvalue weighted by molar-refractivity contribution is 0.317. The van der Waals surface area contributed by atoms with Gasteiger partial charge in [0.05, 0.1) is 12.1 Å². The second-order valence-corrected chi connectivity index (χ2v) is 6.28. The van der Waals surface area contributed by atoms with Crippen molar-refractivity contribution in [2.75, 3.05) is 0 Å². The van der Waals surface area contributed by atoms with E-state index in [-0.39, 0.29) is 23.5 Å². The molecule has 0 saturated heterocycles. The fraction of sp³-hybridized carbons (Fsp3) is 0.714. The van der Waals surface area contributed by atoms with E-state index in [1.54, 1.807) is 16.4 Å². The van der Waals surface area contributed by atoms with Gasteiger partial charge in [-0.15, -0.1) is 0 Å². The Hall–Kier alpha value is -1.52. The van der Waals surface area contributed by atoms with Crippen molar-refractivity contribution in [2.45, 2.75) is 45.2 Å². The summed E-state index contributed by atoms with van der Waals surface area (Å²) in [6.45, 7) is 4.14. The third kappa shape index (κ3) is 1.12. The molecule has 0 amide bonds. The molecule has 5 nitrogen and oxygen atoms in total. The van der Waals surface area contributed by atoms with Crippen LogP contribution >= 0.6 is 0 Å². The Morgan fingerprint density at radius 3 is 1.74 bits per heavy atom. The molecule has 3 aliphatic rings. The van der Waals surface area contributed by atoms with Gasteiger partial charge in [-0.2, -0.15) is 0 Å². The third-order valence-corrected chi connectivity index (χ3v) is 5.48. The van der Waals surface area contributed by atoms with Gasteiger partial charge in [0.25, 0.3) is 0 Å². The van der Waals surface area contributed by atoms with Gasteiger partial charge in [-0.05, 0) is 56.1 Å². The van der Waals surface area contributed by atoms with Crippen molar-refractivity contribution in [3.8, 4) is 0 Å².